The van der Waals surface area contributed by atoms with Crippen LogP contribution in [-0.4, -0.2) is 30.3 Å². The summed E-state index contributed by atoms with van der Waals surface area (Å²) < 4.78 is 5.44. The van der Waals surface area contributed by atoms with Gasteiger partial charge in [-0.2, -0.15) is 5.10 Å². The van der Waals surface area contributed by atoms with E-state index in [0.29, 0.717) is 17.5 Å². The highest BCUT2D eigenvalue weighted by Gasteiger charge is 2.27. The predicted octanol–water partition coefficient (Wildman–Crippen LogP) is 3.65. The monoisotopic (exact) mass is 342 g/mol. The SMILES string of the molecule is COc1ccccc1C1=NN(C(N)=Nc2ccc(Cl)cc2)CC1C. The van der Waals surface area contributed by atoms with Crippen LogP contribution in [0.15, 0.2) is 58.6 Å². The molecule has 1 aliphatic heterocycles. The highest BCUT2D eigenvalue weighted by molar-refractivity contribution is 6.30. The quantitative estimate of drug-likeness (QED) is 0.684. The Morgan fingerprint density at radius 1 is 1.25 bits per heavy atom. The number of halogens is 1. The van der Waals surface area contributed by atoms with E-state index in [0.717, 1.165) is 22.7 Å². The van der Waals surface area contributed by atoms with E-state index in [9.17, 15) is 0 Å². The summed E-state index contributed by atoms with van der Waals surface area (Å²) >= 11 is 5.89. The molecule has 0 radical (unpaired) electrons. The van der Waals surface area contributed by atoms with Gasteiger partial charge < -0.3 is 10.5 Å². The molecule has 124 valence electrons. The lowest BCUT2D eigenvalue weighted by Crippen LogP contribution is -2.32. The zero-order valence-electron chi connectivity index (χ0n) is 13.6. The van der Waals surface area contributed by atoms with Gasteiger partial charge in [-0.3, -0.25) is 0 Å². The fraction of sp³-hybridized carbons (Fsp3) is 0.222. The number of methoxy groups -OCH3 is 1. The number of benzene rings is 2. The van der Waals surface area contributed by atoms with Crippen LogP contribution in [0.2, 0.25) is 5.02 Å². The third kappa shape index (κ3) is 3.36. The molecule has 2 N–H and O–H groups in total. The first-order valence-electron chi connectivity index (χ1n) is 7.67. The largest absolute Gasteiger partial charge is 0.496 e. The molecule has 3 rings (SSSR count). The summed E-state index contributed by atoms with van der Waals surface area (Å²) in [4.78, 5) is 4.41. The average molecular weight is 343 g/mol. The molecule has 1 unspecified atom stereocenters. The highest BCUT2D eigenvalue weighted by atomic mass is 35.5. The van der Waals surface area contributed by atoms with Gasteiger partial charge in [-0.1, -0.05) is 30.7 Å². The summed E-state index contributed by atoms with van der Waals surface area (Å²) in [5.41, 5.74) is 8.79. The average Bonchev–Trinajstić information content (AvgIpc) is 2.98. The number of hydrogen-bond acceptors (Lipinski definition) is 3. The smallest absolute Gasteiger partial charge is 0.217 e. The lowest BCUT2D eigenvalue weighted by Gasteiger charge is -2.12. The van der Waals surface area contributed by atoms with Crippen molar-refractivity contribution >= 4 is 29.0 Å². The molecule has 0 bridgehead atoms. The molecule has 0 saturated carbocycles. The van der Waals surface area contributed by atoms with Crippen LogP contribution in [0.25, 0.3) is 0 Å². The molecule has 6 heteroatoms. The van der Waals surface area contributed by atoms with Crippen molar-refractivity contribution in [2.24, 2.45) is 21.7 Å². The molecule has 24 heavy (non-hydrogen) atoms. The Hall–Kier alpha value is -2.53. The van der Waals surface area contributed by atoms with Crippen molar-refractivity contribution in [3.05, 3.63) is 59.1 Å². The van der Waals surface area contributed by atoms with Crippen molar-refractivity contribution in [3.8, 4) is 5.75 Å². The van der Waals surface area contributed by atoms with Crippen molar-refractivity contribution in [2.75, 3.05) is 13.7 Å². The summed E-state index contributed by atoms with van der Waals surface area (Å²) in [5.74, 6) is 1.38. The molecule has 1 atom stereocenters. The van der Waals surface area contributed by atoms with Crippen molar-refractivity contribution in [2.45, 2.75) is 6.92 Å². The zero-order chi connectivity index (χ0) is 17.1. The van der Waals surface area contributed by atoms with E-state index < -0.39 is 0 Å². The molecule has 0 spiro atoms. The first-order chi connectivity index (χ1) is 11.6. The van der Waals surface area contributed by atoms with E-state index in [1.807, 2.05) is 36.4 Å². The van der Waals surface area contributed by atoms with Gasteiger partial charge in [-0.15, -0.1) is 0 Å². The van der Waals surface area contributed by atoms with E-state index in [-0.39, 0.29) is 5.92 Å². The maximum Gasteiger partial charge on any atom is 0.217 e. The molecule has 2 aromatic carbocycles. The Kier molecular flexibility index (Phi) is 4.71. The minimum absolute atomic E-state index is 0.222. The number of hydrazone groups is 1. The molecular weight excluding hydrogens is 324 g/mol. The van der Waals surface area contributed by atoms with Gasteiger partial charge in [0.05, 0.1) is 25.1 Å². The number of hydrogen-bond donors (Lipinski definition) is 1. The lowest BCUT2D eigenvalue weighted by atomic mass is 9.99. The molecular formula is C18H19ClN4O. The summed E-state index contributed by atoms with van der Waals surface area (Å²) in [5, 5.41) is 7.04. The molecule has 2 aromatic rings. The van der Waals surface area contributed by atoms with E-state index in [1.165, 1.54) is 0 Å². The van der Waals surface area contributed by atoms with E-state index in [4.69, 9.17) is 22.1 Å². The van der Waals surface area contributed by atoms with Crippen LogP contribution < -0.4 is 10.5 Å². The number of guanidine groups is 1. The molecule has 0 aromatic heterocycles. The maximum absolute atomic E-state index is 6.13. The second kappa shape index (κ2) is 6.93. The number of para-hydroxylation sites is 1. The van der Waals surface area contributed by atoms with Crippen molar-refractivity contribution in [3.63, 3.8) is 0 Å². The fourth-order valence-corrected chi connectivity index (χ4v) is 2.77. The number of ether oxygens (including phenoxy) is 1. The Balaban J connectivity index is 1.88. The summed E-state index contributed by atoms with van der Waals surface area (Å²) in [7, 11) is 1.66. The maximum atomic E-state index is 6.13. The molecule has 0 aliphatic carbocycles. The Morgan fingerprint density at radius 2 is 1.96 bits per heavy atom. The van der Waals surface area contributed by atoms with E-state index in [2.05, 4.69) is 17.0 Å². The van der Waals surface area contributed by atoms with Gasteiger partial charge in [0, 0.05) is 16.5 Å². The standard InChI is InChI=1S/C18H19ClN4O/c1-12-11-23(18(20)21-14-9-7-13(19)8-10-14)22-17(12)15-5-3-4-6-16(15)24-2/h3-10,12H,11H2,1-2H3,(H2,20,21). The molecule has 1 aliphatic rings. The third-order valence-corrected chi connectivity index (χ3v) is 4.11. The van der Waals surface area contributed by atoms with Crippen LogP contribution >= 0.6 is 11.6 Å². The van der Waals surface area contributed by atoms with Gasteiger partial charge in [0.25, 0.3) is 0 Å². The second-order valence-electron chi connectivity index (χ2n) is 5.62. The first kappa shape index (κ1) is 16.3. The minimum Gasteiger partial charge on any atom is -0.496 e. The van der Waals surface area contributed by atoms with Crippen LogP contribution in [0, 0.1) is 5.92 Å². The van der Waals surface area contributed by atoms with Crippen LogP contribution in [-0.2, 0) is 0 Å². The second-order valence-corrected chi connectivity index (χ2v) is 6.05. The fourth-order valence-electron chi connectivity index (χ4n) is 2.64. The number of rotatable bonds is 3. The topological polar surface area (TPSA) is 63.2 Å². The Bertz CT molecular complexity index is 786. The number of nitrogens with zero attached hydrogens (tertiary/aromatic N) is 3. The molecule has 0 amide bonds. The van der Waals surface area contributed by atoms with Crippen LogP contribution in [0.5, 0.6) is 5.75 Å². The van der Waals surface area contributed by atoms with Gasteiger partial charge in [-0.25, -0.2) is 10.0 Å². The van der Waals surface area contributed by atoms with E-state index in [1.54, 1.807) is 24.3 Å². The first-order valence-corrected chi connectivity index (χ1v) is 8.05. The minimum atomic E-state index is 0.222. The van der Waals surface area contributed by atoms with Crippen LogP contribution in [0.3, 0.4) is 0 Å². The van der Waals surface area contributed by atoms with Crippen molar-refractivity contribution in [1.29, 1.82) is 0 Å². The third-order valence-electron chi connectivity index (χ3n) is 3.86. The molecule has 5 nitrogen and oxygen atoms in total. The normalized spacial score (nSPS) is 17.8. The van der Waals surface area contributed by atoms with Gasteiger partial charge in [0.2, 0.25) is 5.96 Å². The van der Waals surface area contributed by atoms with Gasteiger partial charge in [0.15, 0.2) is 0 Å². The van der Waals surface area contributed by atoms with E-state index >= 15 is 0 Å². The Labute approximate surface area is 146 Å². The lowest BCUT2D eigenvalue weighted by molar-refractivity contribution is 0.413. The van der Waals surface area contributed by atoms with Gasteiger partial charge >= 0.3 is 0 Å². The van der Waals surface area contributed by atoms with Crippen molar-refractivity contribution < 1.29 is 4.74 Å². The summed E-state index contributed by atoms with van der Waals surface area (Å²) in [6.07, 6.45) is 0. The zero-order valence-corrected chi connectivity index (χ0v) is 14.4. The summed E-state index contributed by atoms with van der Waals surface area (Å²) in [6.45, 7) is 2.79. The van der Waals surface area contributed by atoms with Crippen LogP contribution in [0.1, 0.15) is 12.5 Å². The summed E-state index contributed by atoms with van der Waals surface area (Å²) in [6, 6.07) is 15.0. The predicted molar refractivity (Wildman–Crippen MR) is 98.1 cm³/mol. The molecule has 0 fully saturated rings. The Morgan fingerprint density at radius 3 is 2.67 bits per heavy atom. The van der Waals surface area contributed by atoms with Gasteiger partial charge in [0.1, 0.15) is 5.75 Å². The highest BCUT2D eigenvalue weighted by Crippen LogP contribution is 2.26. The van der Waals surface area contributed by atoms with Gasteiger partial charge in [-0.05, 0) is 36.4 Å². The molecule has 1 heterocycles. The number of aliphatic imine (C=N–C) groups is 1. The van der Waals surface area contributed by atoms with Crippen molar-refractivity contribution in [1.82, 2.24) is 5.01 Å². The van der Waals surface area contributed by atoms with Crippen LogP contribution in [0.4, 0.5) is 5.69 Å². The number of nitrogens with two attached hydrogens (primary N) is 1. The molecule has 0 saturated heterocycles.